The molecule has 4 aromatic heterocycles. The van der Waals surface area contributed by atoms with E-state index < -0.39 is 0 Å². The van der Waals surface area contributed by atoms with Crippen molar-refractivity contribution in [2.75, 3.05) is 0 Å². The number of hydrogen-bond acceptors (Lipinski definition) is 6. The highest BCUT2D eigenvalue weighted by molar-refractivity contribution is 5.81. The van der Waals surface area contributed by atoms with Crippen molar-refractivity contribution in [3.63, 3.8) is 0 Å². The zero-order valence-electron chi connectivity index (χ0n) is 20.0. The zero-order chi connectivity index (χ0) is 24.3. The van der Waals surface area contributed by atoms with Crippen LogP contribution in [0.3, 0.4) is 0 Å². The van der Waals surface area contributed by atoms with E-state index in [0.717, 1.165) is 70.5 Å². The summed E-state index contributed by atoms with van der Waals surface area (Å²) >= 11 is 0. The summed E-state index contributed by atoms with van der Waals surface area (Å²) in [5.41, 5.74) is 5.90. The molecule has 4 heterocycles. The van der Waals surface area contributed by atoms with Crippen LogP contribution in [0.5, 0.6) is 0 Å². The second kappa shape index (κ2) is 9.65. The normalized spacial score (nSPS) is 12.4. The molecule has 0 radical (unpaired) electrons. The van der Waals surface area contributed by atoms with Gasteiger partial charge in [0, 0.05) is 48.8 Å². The molecule has 2 N–H and O–H groups in total. The smallest absolute Gasteiger partial charge is 0.159 e. The number of aromatic amines is 2. The van der Waals surface area contributed by atoms with Crippen LogP contribution in [0.4, 0.5) is 0 Å². The highest BCUT2D eigenvalue weighted by Crippen LogP contribution is 2.24. The van der Waals surface area contributed by atoms with Crippen LogP contribution in [0.15, 0.2) is 73.3 Å². The molecule has 0 aliphatic heterocycles. The molecule has 8 heteroatoms. The van der Waals surface area contributed by atoms with Crippen LogP contribution < -0.4 is 0 Å². The summed E-state index contributed by atoms with van der Waals surface area (Å²) in [4.78, 5) is 34.1. The van der Waals surface area contributed by atoms with Crippen LogP contribution in [-0.4, -0.2) is 39.9 Å². The SMILES string of the molecule is CCC(CCc1nc2cc(-c3ncccn3)ccc2[nH]1)Cc1nc2cc(-c3ncccn3)ccc2[nH]1. The molecule has 0 bridgehead atoms. The maximum Gasteiger partial charge on any atom is 0.159 e. The molecule has 6 aromatic rings. The largest absolute Gasteiger partial charge is 0.342 e. The first-order valence-electron chi connectivity index (χ1n) is 12.3. The topological polar surface area (TPSA) is 109 Å². The minimum atomic E-state index is 0.504. The number of hydrogen-bond donors (Lipinski definition) is 2. The molecule has 0 aliphatic carbocycles. The van der Waals surface area contributed by atoms with E-state index in [1.54, 1.807) is 24.8 Å². The Morgan fingerprint density at radius 3 is 1.78 bits per heavy atom. The number of aryl methyl sites for hydroxylation is 1. The van der Waals surface area contributed by atoms with E-state index in [9.17, 15) is 0 Å². The molecule has 0 fully saturated rings. The molecule has 0 aliphatic rings. The lowest BCUT2D eigenvalue weighted by molar-refractivity contribution is 0.456. The monoisotopic (exact) mass is 474 g/mol. The lowest BCUT2D eigenvalue weighted by Crippen LogP contribution is -2.07. The molecule has 0 spiro atoms. The van der Waals surface area contributed by atoms with Crippen molar-refractivity contribution < 1.29 is 0 Å². The lowest BCUT2D eigenvalue weighted by atomic mass is 9.96. The Morgan fingerprint density at radius 1 is 0.694 bits per heavy atom. The Bertz CT molecular complexity index is 1600. The molecule has 2 aromatic carbocycles. The standard InChI is InChI=1S/C28H26N8/c1-2-18(15-26-34-22-9-7-20(17-24(22)36-26)28-31-13-4-14-32-28)5-10-25-33-21-8-6-19(16-23(21)35-25)27-29-11-3-12-30-27/h3-4,6-9,11-14,16-18H,2,5,10,15H2,1H3,(H,33,35)(H,34,36). The minimum Gasteiger partial charge on any atom is -0.342 e. The third kappa shape index (κ3) is 4.57. The number of nitrogens with one attached hydrogen (secondary N) is 2. The van der Waals surface area contributed by atoms with E-state index in [4.69, 9.17) is 9.97 Å². The third-order valence-electron chi connectivity index (χ3n) is 6.56. The van der Waals surface area contributed by atoms with E-state index in [1.807, 2.05) is 30.3 Å². The summed E-state index contributed by atoms with van der Waals surface area (Å²) < 4.78 is 0. The van der Waals surface area contributed by atoms with Crippen molar-refractivity contribution in [1.82, 2.24) is 39.9 Å². The number of imidazole rings is 2. The fourth-order valence-corrected chi connectivity index (χ4v) is 4.57. The number of fused-ring (bicyclic) bond motifs is 2. The Hall–Kier alpha value is -4.46. The molecular weight excluding hydrogens is 448 g/mol. The summed E-state index contributed by atoms with van der Waals surface area (Å²) in [7, 11) is 0. The second-order valence-electron chi connectivity index (χ2n) is 8.99. The summed E-state index contributed by atoms with van der Waals surface area (Å²) in [6, 6.07) is 15.9. The van der Waals surface area contributed by atoms with Crippen molar-refractivity contribution in [3.05, 3.63) is 85.0 Å². The van der Waals surface area contributed by atoms with Gasteiger partial charge in [-0.25, -0.2) is 29.9 Å². The van der Waals surface area contributed by atoms with Crippen LogP contribution in [-0.2, 0) is 12.8 Å². The Kier molecular flexibility index (Phi) is 5.91. The number of nitrogens with zero attached hydrogens (tertiary/aromatic N) is 6. The van der Waals surface area contributed by atoms with Crippen LogP contribution in [0, 0.1) is 5.92 Å². The molecule has 0 amide bonds. The maximum absolute atomic E-state index is 4.87. The average molecular weight is 475 g/mol. The van der Waals surface area contributed by atoms with Gasteiger partial charge in [0.05, 0.1) is 22.1 Å². The van der Waals surface area contributed by atoms with Gasteiger partial charge in [-0.05, 0) is 60.9 Å². The quantitative estimate of drug-likeness (QED) is 0.299. The summed E-state index contributed by atoms with van der Waals surface area (Å²) in [6.45, 7) is 2.24. The van der Waals surface area contributed by atoms with Crippen molar-refractivity contribution in [3.8, 4) is 22.8 Å². The van der Waals surface area contributed by atoms with Crippen molar-refractivity contribution in [2.24, 2.45) is 5.92 Å². The molecule has 1 unspecified atom stereocenters. The van der Waals surface area contributed by atoms with Gasteiger partial charge in [0.1, 0.15) is 11.6 Å². The van der Waals surface area contributed by atoms with Gasteiger partial charge >= 0.3 is 0 Å². The molecule has 6 rings (SSSR count). The molecule has 0 saturated carbocycles. The van der Waals surface area contributed by atoms with Gasteiger partial charge in [-0.15, -0.1) is 0 Å². The number of benzene rings is 2. The lowest BCUT2D eigenvalue weighted by Gasteiger charge is -2.12. The van der Waals surface area contributed by atoms with E-state index in [0.29, 0.717) is 17.6 Å². The molecular formula is C28H26N8. The number of H-pyrrole nitrogens is 2. The highest BCUT2D eigenvalue weighted by Gasteiger charge is 2.14. The molecule has 0 saturated heterocycles. The van der Waals surface area contributed by atoms with Crippen molar-refractivity contribution in [1.29, 1.82) is 0 Å². The number of rotatable bonds is 8. The molecule has 1 atom stereocenters. The van der Waals surface area contributed by atoms with Crippen LogP contribution in [0.1, 0.15) is 31.4 Å². The van der Waals surface area contributed by atoms with Gasteiger partial charge in [0.25, 0.3) is 0 Å². The third-order valence-corrected chi connectivity index (χ3v) is 6.56. The fraction of sp³-hybridized carbons (Fsp3) is 0.214. The Labute approximate surface area is 208 Å². The van der Waals surface area contributed by atoms with Gasteiger partial charge < -0.3 is 9.97 Å². The highest BCUT2D eigenvalue weighted by atomic mass is 14.9. The summed E-state index contributed by atoms with van der Waals surface area (Å²) in [6.07, 6.45) is 10.9. The van der Waals surface area contributed by atoms with Gasteiger partial charge in [0.2, 0.25) is 0 Å². The molecule has 178 valence electrons. The first-order valence-corrected chi connectivity index (χ1v) is 12.3. The predicted octanol–water partition coefficient (Wildman–Crippen LogP) is 5.55. The van der Waals surface area contributed by atoms with Gasteiger partial charge in [-0.3, -0.25) is 0 Å². The van der Waals surface area contributed by atoms with Gasteiger partial charge in [-0.2, -0.15) is 0 Å². The first kappa shape index (κ1) is 22.0. The van der Waals surface area contributed by atoms with Crippen LogP contribution in [0.2, 0.25) is 0 Å². The van der Waals surface area contributed by atoms with Crippen LogP contribution in [0.25, 0.3) is 44.8 Å². The summed E-state index contributed by atoms with van der Waals surface area (Å²) in [5, 5.41) is 0. The van der Waals surface area contributed by atoms with E-state index in [2.05, 4.69) is 55.0 Å². The van der Waals surface area contributed by atoms with Crippen molar-refractivity contribution in [2.45, 2.75) is 32.6 Å². The van der Waals surface area contributed by atoms with Gasteiger partial charge in [0.15, 0.2) is 11.6 Å². The maximum atomic E-state index is 4.87. The second-order valence-corrected chi connectivity index (χ2v) is 8.99. The minimum absolute atomic E-state index is 0.504. The Balaban J connectivity index is 1.14. The van der Waals surface area contributed by atoms with E-state index in [-0.39, 0.29) is 0 Å². The van der Waals surface area contributed by atoms with E-state index in [1.165, 1.54) is 0 Å². The molecule has 8 nitrogen and oxygen atoms in total. The summed E-state index contributed by atoms with van der Waals surface area (Å²) in [5.74, 6) is 3.95. The molecule has 36 heavy (non-hydrogen) atoms. The first-order chi connectivity index (χ1) is 17.7. The predicted molar refractivity (Wildman–Crippen MR) is 140 cm³/mol. The fourth-order valence-electron chi connectivity index (χ4n) is 4.57. The van der Waals surface area contributed by atoms with Crippen molar-refractivity contribution >= 4 is 22.1 Å². The number of aromatic nitrogens is 8. The average Bonchev–Trinajstić information content (AvgIpc) is 3.54. The van der Waals surface area contributed by atoms with Crippen LogP contribution >= 0.6 is 0 Å². The Morgan fingerprint density at radius 2 is 1.22 bits per heavy atom. The van der Waals surface area contributed by atoms with Gasteiger partial charge in [-0.1, -0.05) is 13.3 Å². The van der Waals surface area contributed by atoms with E-state index >= 15 is 0 Å². The zero-order valence-corrected chi connectivity index (χ0v) is 20.0.